The highest BCUT2D eigenvalue weighted by Gasteiger charge is 2.01. The van der Waals surface area contributed by atoms with E-state index in [2.05, 4.69) is 32.9 Å². The third-order valence-corrected chi connectivity index (χ3v) is 6.51. The van der Waals surface area contributed by atoms with Gasteiger partial charge in [0.2, 0.25) is 0 Å². The Labute approximate surface area is 186 Å². The van der Waals surface area contributed by atoms with Gasteiger partial charge in [0.25, 0.3) is 0 Å². The van der Waals surface area contributed by atoms with Crippen molar-refractivity contribution >= 4 is 0 Å². The molecule has 0 bridgehead atoms. The third-order valence-electron chi connectivity index (χ3n) is 6.51. The van der Waals surface area contributed by atoms with Gasteiger partial charge in [-0.25, -0.2) is 0 Å². The van der Waals surface area contributed by atoms with Crippen molar-refractivity contribution in [3.05, 3.63) is 12.2 Å². The van der Waals surface area contributed by atoms with Gasteiger partial charge < -0.3 is 0 Å². The summed E-state index contributed by atoms with van der Waals surface area (Å²) in [6.07, 6.45) is 37.8. The summed E-state index contributed by atoms with van der Waals surface area (Å²) in [5, 5.41) is 0. The largest absolute Gasteiger partial charge is 0.0885 e. The van der Waals surface area contributed by atoms with Crippen molar-refractivity contribution in [3.8, 4) is 0 Å². The summed E-state index contributed by atoms with van der Waals surface area (Å²) < 4.78 is 0. The average molecular weight is 407 g/mol. The van der Waals surface area contributed by atoms with Gasteiger partial charge in [0.05, 0.1) is 0 Å². The molecule has 0 aromatic heterocycles. The van der Waals surface area contributed by atoms with Crippen LogP contribution in [0, 0.1) is 5.92 Å². The van der Waals surface area contributed by atoms with Gasteiger partial charge in [-0.15, -0.1) is 0 Å². The second kappa shape index (κ2) is 25.8. The zero-order chi connectivity index (χ0) is 21.3. The highest BCUT2D eigenvalue weighted by atomic mass is 14.1. The Morgan fingerprint density at radius 1 is 0.414 bits per heavy atom. The lowest BCUT2D eigenvalue weighted by Gasteiger charge is -2.10. The molecule has 0 saturated carbocycles. The standard InChI is InChI=1S/C29H58/c1-4-6-8-9-10-11-12-13-14-15-16-17-18-19-20-21-22-23-24-26-28-29(3)27-25-7-5-2/h17-18,29H,4-16,19-28H2,1-3H3/b18-17+. The van der Waals surface area contributed by atoms with Crippen LogP contribution in [0.25, 0.3) is 0 Å². The van der Waals surface area contributed by atoms with E-state index in [1.54, 1.807) is 0 Å². The van der Waals surface area contributed by atoms with Gasteiger partial charge in [0, 0.05) is 0 Å². The molecule has 174 valence electrons. The summed E-state index contributed by atoms with van der Waals surface area (Å²) >= 11 is 0. The fourth-order valence-corrected chi connectivity index (χ4v) is 4.33. The topological polar surface area (TPSA) is 0 Å². The van der Waals surface area contributed by atoms with Crippen LogP contribution in [0.15, 0.2) is 12.2 Å². The minimum Gasteiger partial charge on any atom is -0.0885 e. The Bertz CT molecular complexity index is 303. The molecule has 0 radical (unpaired) electrons. The summed E-state index contributed by atoms with van der Waals surface area (Å²) in [7, 11) is 0. The van der Waals surface area contributed by atoms with Crippen LogP contribution < -0.4 is 0 Å². The van der Waals surface area contributed by atoms with Gasteiger partial charge >= 0.3 is 0 Å². The molecular formula is C29H58. The number of hydrogen-bond donors (Lipinski definition) is 0. The van der Waals surface area contributed by atoms with Gasteiger partial charge in [-0.05, 0) is 31.6 Å². The Kier molecular flexibility index (Phi) is 25.5. The Hall–Kier alpha value is -0.260. The van der Waals surface area contributed by atoms with Gasteiger partial charge in [-0.1, -0.05) is 155 Å². The van der Waals surface area contributed by atoms with Crippen LogP contribution in [0.4, 0.5) is 0 Å². The SMILES string of the molecule is CCCCCCCCCCCC/C=C/CCCCCCCCC(C)CCCCC. The van der Waals surface area contributed by atoms with Crippen LogP contribution in [0.5, 0.6) is 0 Å². The lowest BCUT2D eigenvalue weighted by Crippen LogP contribution is -1.94. The molecule has 0 aliphatic heterocycles. The number of unbranched alkanes of at least 4 members (excludes halogenated alkanes) is 18. The van der Waals surface area contributed by atoms with Crippen LogP contribution in [-0.4, -0.2) is 0 Å². The summed E-state index contributed by atoms with van der Waals surface area (Å²) in [5.74, 6) is 0.960. The molecule has 0 rings (SSSR count). The Morgan fingerprint density at radius 2 is 0.724 bits per heavy atom. The van der Waals surface area contributed by atoms with Crippen LogP contribution >= 0.6 is 0 Å². The molecule has 0 amide bonds. The number of rotatable bonds is 24. The van der Waals surface area contributed by atoms with E-state index in [0.717, 1.165) is 5.92 Å². The summed E-state index contributed by atoms with van der Waals surface area (Å²) in [6.45, 7) is 7.06. The van der Waals surface area contributed by atoms with E-state index in [1.807, 2.05) is 0 Å². The maximum absolute atomic E-state index is 2.46. The van der Waals surface area contributed by atoms with Crippen molar-refractivity contribution in [2.24, 2.45) is 5.92 Å². The molecule has 0 saturated heterocycles. The first-order valence-corrected chi connectivity index (χ1v) is 14.0. The van der Waals surface area contributed by atoms with Crippen LogP contribution in [0.3, 0.4) is 0 Å². The Morgan fingerprint density at radius 3 is 1.17 bits per heavy atom. The summed E-state index contributed by atoms with van der Waals surface area (Å²) in [4.78, 5) is 0. The molecule has 1 unspecified atom stereocenters. The van der Waals surface area contributed by atoms with Crippen LogP contribution in [0.2, 0.25) is 0 Å². The molecular weight excluding hydrogens is 348 g/mol. The quantitative estimate of drug-likeness (QED) is 0.110. The maximum atomic E-state index is 2.46. The van der Waals surface area contributed by atoms with E-state index in [4.69, 9.17) is 0 Å². The molecule has 0 spiro atoms. The monoisotopic (exact) mass is 406 g/mol. The lowest BCUT2D eigenvalue weighted by molar-refractivity contribution is 0.436. The van der Waals surface area contributed by atoms with Crippen molar-refractivity contribution in [1.29, 1.82) is 0 Å². The zero-order valence-electron chi connectivity index (χ0n) is 21.0. The fourth-order valence-electron chi connectivity index (χ4n) is 4.33. The molecule has 0 nitrogen and oxygen atoms in total. The van der Waals surface area contributed by atoms with Crippen molar-refractivity contribution in [2.75, 3.05) is 0 Å². The van der Waals surface area contributed by atoms with E-state index in [0.29, 0.717) is 0 Å². The highest BCUT2D eigenvalue weighted by Crippen LogP contribution is 2.18. The smallest absolute Gasteiger partial charge is 0.0351 e. The molecule has 29 heavy (non-hydrogen) atoms. The molecule has 0 aromatic rings. The van der Waals surface area contributed by atoms with Gasteiger partial charge in [0.15, 0.2) is 0 Å². The number of allylic oxidation sites excluding steroid dienone is 2. The minimum absolute atomic E-state index is 0.960. The second-order valence-corrected chi connectivity index (χ2v) is 9.74. The van der Waals surface area contributed by atoms with Crippen molar-refractivity contribution in [2.45, 2.75) is 168 Å². The maximum Gasteiger partial charge on any atom is -0.0351 e. The fraction of sp³-hybridized carbons (Fsp3) is 0.931. The molecule has 0 heterocycles. The minimum atomic E-state index is 0.960. The lowest BCUT2D eigenvalue weighted by atomic mass is 9.96. The molecule has 0 heteroatoms. The number of hydrogen-bond acceptors (Lipinski definition) is 0. The van der Waals surface area contributed by atoms with Gasteiger partial charge in [0.1, 0.15) is 0 Å². The van der Waals surface area contributed by atoms with Gasteiger partial charge in [-0.2, -0.15) is 0 Å². The van der Waals surface area contributed by atoms with Crippen LogP contribution in [0.1, 0.15) is 168 Å². The van der Waals surface area contributed by atoms with E-state index in [9.17, 15) is 0 Å². The normalized spacial score (nSPS) is 12.8. The molecule has 0 aromatic carbocycles. The molecule has 0 N–H and O–H groups in total. The van der Waals surface area contributed by atoms with E-state index >= 15 is 0 Å². The predicted octanol–water partition coefficient (Wildman–Crippen LogP) is 11.2. The van der Waals surface area contributed by atoms with Crippen molar-refractivity contribution < 1.29 is 0 Å². The average Bonchev–Trinajstić information content (AvgIpc) is 2.72. The van der Waals surface area contributed by atoms with Crippen molar-refractivity contribution in [1.82, 2.24) is 0 Å². The van der Waals surface area contributed by atoms with E-state index in [-0.39, 0.29) is 0 Å². The molecule has 1 atom stereocenters. The first-order chi connectivity index (χ1) is 14.3. The molecule has 0 fully saturated rings. The predicted molar refractivity (Wildman–Crippen MR) is 136 cm³/mol. The third kappa shape index (κ3) is 25.7. The highest BCUT2D eigenvalue weighted by molar-refractivity contribution is 4.81. The first kappa shape index (κ1) is 28.7. The van der Waals surface area contributed by atoms with E-state index < -0.39 is 0 Å². The zero-order valence-corrected chi connectivity index (χ0v) is 21.0. The first-order valence-electron chi connectivity index (χ1n) is 14.0. The molecule has 0 aliphatic carbocycles. The van der Waals surface area contributed by atoms with Crippen molar-refractivity contribution in [3.63, 3.8) is 0 Å². The van der Waals surface area contributed by atoms with Crippen LogP contribution in [-0.2, 0) is 0 Å². The summed E-state index contributed by atoms with van der Waals surface area (Å²) in [6, 6.07) is 0. The van der Waals surface area contributed by atoms with E-state index in [1.165, 1.54) is 148 Å². The van der Waals surface area contributed by atoms with Gasteiger partial charge in [-0.3, -0.25) is 0 Å². The summed E-state index contributed by atoms with van der Waals surface area (Å²) in [5.41, 5.74) is 0. The second-order valence-electron chi connectivity index (χ2n) is 9.74. The Balaban J connectivity index is 3.14. The molecule has 0 aliphatic rings.